The molecular formula is C14H20N4O3S. The molecule has 7 nitrogen and oxygen atoms in total. The number of furan rings is 1. The van der Waals surface area contributed by atoms with Crippen molar-refractivity contribution < 1.29 is 12.8 Å². The molecule has 1 saturated heterocycles. The molecule has 1 aliphatic rings. The zero-order chi connectivity index (χ0) is 15.7. The van der Waals surface area contributed by atoms with Crippen molar-refractivity contribution in [3.63, 3.8) is 0 Å². The van der Waals surface area contributed by atoms with E-state index < -0.39 is 10.2 Å². The number of nitrogens with one attached hydrogen (secondary N) is 1. The minimum absolute atomic E-state index is 0.228. The number of aromatic nitrogens is 2. The molecule has 0 bridgehead atoms. The van der Waals surface area contributed by atoms with Gasteiger partial charge in [-0.3, -0.25) is 4.68 Å². The second-order valence-corrected chi connectivity index (χ2v) is 7.23. The summed E-state index contributed by atoms with van der Waals surface area (Å²) < 4.78 is 36.6. The minimum atomic E-state index is -3.59. The van der Waals surface area contributed by atoms with Crippen molar-refractivity contribution in [2.24, 2.45) is 7.05 Å². The molecule has 0 unspecified atom stereocenters. The lowest BCUT2D eigenvalue weighted by atomic mass is 10.2. The number of hydrogen-bond acceptors (Lipinski definition) is 4. The van der Waals surface area contributed by atoms with Gasteiger partial charge in [0.05, 0.1) is 18.5 Å². The maximum absolute atomic E-state index is 12.7. The van der Waals surface area contributed by atoms with E-state index in [0.29, 0.717) is 12.3 Å². The summed E-state index contributed by atoms with van der Waals surface area (Å²) in [4.78, 5) is 0. The van der Waals surface area contributed by atoms with Crippen LogP contribution in [0.5, 0.6) is 0 Å². The molecule has 0 aliphatic carbocycles. The van der Waals surface area contributed by atoms with E-state index in [4.69, 9.17) is 4.42 Å². The fourth-order valence-electron chi connectivity index (χ4n) is 2.82. The van der Waals surface area contributed by atoms with E-state index in [2.05, 4.69) is 9.82 Å². The smallest absolute Gasteiger partial charge is 0.280 e. The van der Waals surface area contributed by atoms with Gasteiger partial charge in [-0.15, -0.1) is 0 Å². The van der Waals surface area contributed by atoms with E-state index in [1.165, 1.54) is 4.31 Å². The van der Waals surface area contributed by atoms with Gasteiger partial charge in [0.15, 0.2) is 0 Å². The Bertz CT molecular complexity index is 723. The molecule has 1 N–H and O–H groups in total. The highest BCUT2D eigenvalue weighted by Gasteiger charge is 2.37. The van der Waals surface area contributed by atoms with Crippen LogP contribution in [0.25, 0.3) is 0 Å². The summed E-state index contributed by atoms with van der Waals surface area (Å²) in [5, 5.41) is 4.07. The van der Waals surface area contributed by atoms with Crippen LogP contribution in [0, 0.1) is 0 Å². The van der Waals surface area contributed by atoms with Crippen molar-refractivity contribution in [1.29, 1.82) is 0 Å². The maximum atomic E-state index is 12.7. The Hall–Kier alpha value is -1.64. The molecular weight excluding hydrogens is 304 g/mol. The van der Waals surface area contributed by atoms with Gasteiger partial charge in [-0.05, 0) is 31.9 Å². The summed E-state index contributed by atoms with van der Waals surface area (Å²) >= 11 is 0. The van der Waals surface area contributed by atoms with Gasteiger partial charge in [0, 0.05) is 31.4 Å². The Morgan fingerprint density at radius 3 is 2.95 bits per heavy atom. The van der Waals surface area contributed by atoms with Crippen LogP contribution >= 0.6 is 0 Å². The lowest BCUT2D eigenvalue weighted by molar-refractivity contribution is 0.333. The van der Waals surface area contributed by atoms with Crippen molar-refractivity contribution >= 4 is 10.2 Å². The average molecular weight is 324 g/mol. The number of aryl methyl sites for hydroxylation is 1. The Kier molecular flexibility index (Phi) is 4.07. The standard InChI is InChI=1S/C14H20N4O3S/c1-11(12-9-15-17(2)10-12)16-22(19,20)18-7-3-5-13(18)14-6-4-8-21-14/h4,6,8-11,13,16H,3,5,7H2,1-2H3/t11-,13+/m1/s1. The molecule has 2 aromatic heterocycles. The molecule has 22 heavy (non-hydrogen) atoms. The van der Waals surface area contributed by atoms with E-state index in [1.807, 2.05) is 13.0 Å². The molecule has 1 aliphatic heterocycles. The summed E-state index contributed by atoms with van der Waals surface area (Å²) in [6, 6.07) is 3.04. The fraction of sp³-hybridized carbons (Fsp3) is 0.500. The third-order valence-corrected chi connectivity index (χ3v) is 5.64. The van der Waals surface area contributed by atoms with Crippen LogP contribution in [0.1, 0.15) is 43.2 Å². The zero-order valence-corrected chi connectivity index (χ0v) is 13.5. The van der Waals surface area contributed by atoms with E-state index in [0.717, 1.165) is 18.4 Å². The molecule has 0 aromatic carbocycles. The highest BCUT2D eigenvalue weighted by atomic mass is 32.2. The van der Waals surface area contributed by atoms with Gasteiger partial charge in [-0.2, -0.15) is 22.5 Å². The zero-order valence-electron chi connectivity index (χ0n) is 12.6. The number of rotatable bonds is 5. The van der Waals surface area contributed by atoms with Gasteiger partial charge < -0.3 is 4.42 Å². The van der Waals surface area contributed by atoms with Crippen LogP contribution in [0.2, 0.25) is 0 Å². The van der Waals surface area contributed by atoms with E-state index in [-0.39, 0.29) is 12.1 Å². The fourth-order valence-corrected chi connectivity index (χ4v) is 4.45. The number of hydrogen-bond donors (Lipinski definition) is 1. The number of nitrogens with zero attached hydrogens (tertiary/aromatic N) is 3. The largest absolute Gasteiger partial charge is 0.468 e. The summed E-state index contributed by atoms with van der Waals surface area (Å²) in [5.41, 5.74) is 0.833. The SMILES string of the molecule is C[C@@H](NS(=O)(=O)N1CCC[C@H]1c1ccco1)c1cnn(C)c1. The Morgan fingerprint density at radius 1 is 1.50 bits per heavy atom. The van der Waals surface area contributed by atoms with Crippen LogP contribution in [-0.4, -0.2) is 29.0 Å². The van der Waals surface area contributed by atoms with Crippen LogP contribution < -0.4 is 4.72 Å². The van der Waals surface area contributed by atoms with Gasteiger partial charge in [0.2, 0.25) is 0 Å². The maximum Gasteiger partial charge on any atom is 0.280 e. The first-order valence-electron chi connectivity index (χ1n) is 7.28. The van der Waals surface area contributed by atoms with Gasteiger partial charge in [-0.1, -0.05) is 0 Å². The van der Waals surface area contributed by atoms with Gasteiger partial charge in [-0.25, -0.2) is 0 Å². The van der Waals surface area contributed by atoms with Crippen molar-refractivity contribution in [3.8, 4) is 0 Å². The predicted molar refractivity (Wildman–Crippen MR) is 81.1 cm³/mol. The van der Waals surface area contributed by atoms with Crippen molar-refractivity contribution in [2.45, 2.75) is 31.8 Å². The van der Waals surface area contributed by atoms with Crippen molar-refractivity contribution in [1.82, 2.24) is 18.8 Å². The summed E-state index contributed by atoms with van der Waals surface area (Å²) in [6.07, 6.45) is 6.65. The first kappa shape index (κ1) is 15.3. The molecule has 3 rings (SSSR count). The van der Waals surface area contributed by atoms with E-state index >= 15 is 0 Å². The van der Waals surface area contributed by atoms with Gasteiger partial charge in [0.25, 0.3) is 10.2 Å². The lowest BCUT2D eigenvalue weighted by Gasteiger charge is -2.24. The van der Waals surface area contributed by atoms with Crippen LogP contribution in [-0.2, 0) is 17.3 Å². The highest BCUT2D eigenvalue weighted by Crippen LogP contribution is 2.34. The van der Waals surface area contributed by atoms with Crippen molar-refractivity contribution in [3.05, 3.63) is 42.1 Å². The quantitative estimate of drug-likeness (QED) is 0.908. The topological polar surface area (TPSA) is 80.4 Å². The first-order valence-corrected chi connectivity index (χ1v) is 8.72. The third-order valence-electron chi connectivity index (χ3n) is 3.93. The van der Waals surface area contributed by atoms with E-state index in [9.17, 15) is 8.42 Å². The molecule has 8 heteroatoms. The Morgan fingerprint density at radius 2 is 2.32 bits per heavy atom. The molecule has 0 radical (unpaired) electrons. The van der Waals surface area contributed by atoms with Gasteiger partial charge >= 0.3 is 0 Å². The molecule has 120 valence electrons. The third kappa shape index (κ3) is 2.94. The second kappa shape index (κ2) is 5.86. The summed E-state index contributed by atoms with van der Waals surface area (Å²) in [5.74, 6) is 0.692. The molecule has 0 spiro atoms. The van der Waals surface area contributed by atoms with Crippen LogP contribution in [0.15, 0.2) is 35.2 Å². The van der Waals surface area contributed by atoms with Crippen LogP contribution in [0.4, 0.5) is 0 Å². The Labute approximate surface area is 130 Å². The molecule has 0 amide bonds. The highest BCUT2D eigenvalue weighted by molar-refractivity contribution is 7.87. The predicted octanol–water partition coefficient (Wildman–Crippen LogP) is 1.75. The Balaban J connectivity index is 1.77. The first-order chi connectivity index (χ1) is 10.5. The van der Waals surface area contributed by atoms with Crippen LogP contribution in [0.3, 0.4) is 0 Å². The normalized spacial score (nSPS) is 21.3. The van der Waals surface area contributed by atoms with E-state index in [1.54, 1.807) is 36.5 Å². The minimum Gasteiger partial charge on any atom is -0.468 e. The lowest BCUT2D eigenvalue weighted by Crippen LogP contribution is -2.41. The summed E-state index contributed by atoms with van der Waals surface area (Å²) in [7, 11) is -1.78. The van der Waals surface area contributed by atoms with Crippen molar-refractivity contribution in [2.75, 3.05) is 6.54 Å². The molecule has 3 heterocycles. The second-order valence-electron chi connectivity index (χ2n) is 5.58. The average Bonchev–Trinajstić information content (AvgIpc) is 3.19. The molecule has 0 saturated carbocycles. The molecule has 2 atom stereocenters. The molecule has 1 fully saturated rings. The monoisotopic (exact) mass is 324 g/mol. The van der Waals surface area contributed by atoms with Gasteiger partial charge in [0.1, 0.15) is 5.76 Å². The summed E-state index contributed by atoms with van der Waals surface area (Å²) in [6.45, 7) is 2.31. The molecule has 2 aromatic rings.